The van der Waals surface area contributed by atoms with Crippen LogP contribution in [0.2, 0.25) is 0 Å². The second-order valence-corrected chi connectivity index (χ2v) is 20.9. The van der Waals surface area contributed by atoms with E-state index in [0.29, 0.717) is 89.4 Å². The average Bonchev–Trinajstić information content (AvgIpc) is 1.77. The number of esters is 1. The van der Waals surface area contributed by atoms with Crippen molar-refractivity contribution < 1.29 is 54.8 Å². The highest BCUT2D eigenvalue weighted by molar-refractivity contribution is 9.10. The zero-order valence-electron chi connectivity index (χ0n) is 50.0. The lowest BCUT2D eigenvalue weighted by atomic mass is 10.1. The molecule has 93 heavy (non-hydrogen) atoms. The second kappa shape index (κ2) is 37.1. The Morgan fingerprint density at radius 1 is 0.505 bits per heavy atom. The van der Waals surface area contributed by atoms with Crippen molar-refractivity contribution in [1.82, 2.24) is 45.4 Å². The van der Waals surface area contributed by atoms with E-state index in [4.69, 9.17) is 33.3 Å². The van der Waals surface area contributed by atoms with Gasteiger partial charge in [0.25, 0.3) is 6.01 Å². The lowest BCUT2D eigenvalue weighted by Crippen LogP contribution is -2.20. The van der Waals surface area contributed by atoms with E-state index in [9.17, 15) is 27.2 Å². The maximum atomic E-state index is 13.3. The largest absolute Gasteiger partial charge is 0.466 e. The van der Waals surface area contributed by atoms with Crippen molar-refractivity contribution in [3.8, 4) is 0 Å². The van der Waals surface area contributed by atoms with Gasteiger partial charge in [-0.1, -0.05) is 94.5 Å². The van der Waals surface area contributed by atoms with Crippen LogP contribution in [-0.2, 0) is 14.3 Å². The number of fused-ring (bicyclic) bond motifs is 4. The van der Waals surface area contributed by atoms with E-state index >= 15 is 0 Å². The van der Waals surface area contributed by atoms with Gasteiger partial charge in [-0.3, -0.25) is 29.9 Å². The van der Waals surface area contributed by atoms with Crippen LogP contribution >= 0.6 is 15.9 Å². The van der Waals surface area contributed by atoms with Crippen LogP contribution < -0.4 is 26.3 Å². The van der Waals surface area contributed by atoms with Gasteiger partial charge in [-0.2, -0.15) is 19.9 Å². The topological polar surface area (TPSA) is 276 Å². The van der Waals surface area contributed by atoms with Crippen LogP contribution in [0.15, 0.2) is 193 Å². The Bertz CT molecular complexity index is 4010. The van der Waals surface area contributed by atoms with E-state index in [-0.39, 0.29) is 42.8 Å². The number of anilines is 7. The number of nitrogen functional groups attached to an aromatic ring is 1. The number of carbonyl (C=O) groups excluding carboxylic acids is 2. The van der Waals surface area contributed by atoms with Gasteiger partial charge < -0.3 is 28.1 Å². The van der Waals surface area contributed by atoms with Gasteiger partial charge >= 0.3 is 24.0 Å². The summed E-state index contributed by atoms with van der Waals surface area (Å²) in [5, 5.41) is 11.3. The Kier molecular flexibility index (Phi) is 28.0. The Morgan fingerprint density at radius 3 is 1.34 bits per heavy atom. The number of para-hydroxylation sites is 8. The van der Waals surface area contributed by atoms with Gasteiger partial charge in [0.15, 0.2) is 22.3 Å². The number of nitrogens with two attached hydrogens (primary N) is 1. The fourth-order valence-electron chi connectivity index (χ4n) is 8.80. The zero-order chi connectivity index (χ0) is 64.9. The standard InChI is InChI=1S/C22H26FN3O3.C20H23FN4O3.C12H8FN3O.C7H6N2O.C5H3BrFN.CH4/c1-2-28-21(27)12-6-4-3-5-9-15-26(20-14-13-17(23)16-24-20)22-25-18-10-7-8-11-19(18)29-22;21-15-11-12-18(22-14-15)25(13-7-3-1-2-4-10-19(26)24-27)20-23-16-8-5-6-9-17(16)28-20;13-8-5-6-11(14-7-8)16-12-15-9-3-1-2-4-10(9)17-12;8-7-9-5-3-1-2-4-6(5)10-7;6-5-2-1-4(7)3-8-5;/h7-8,10-11,13-14,16H,2-6,9,12,15H2,1H3;5-6,8-9,11-12,14,27H,1-4,7,10,13H2,(H,24,26);1-7H,(H,14,15,16);1-4H,(H2,8,9);1-3H;1H4. The quantitative estimate of drug-likeness (QED) is 0.0116. The number of rotatable bonds is 23. The molecule has 8 aromatic heterocycles. The summed E-state index contributed by atoms with van der Waals surface area (Å²) < 4.78 is 79.0. The SMILES string of the molecule is C.CCOC(=O)CCCCCCCN(c1ccc(F)cn1)c1nc2ccccc2o1.Fc1ccc(Br)nc1.Fc1ccc(Nc2nc3ccccc3o2)nc1.Nc1nc2ccccc2o1.O=C(CCCCCCCN(c1ccc(F)cn1)c1nc2ccccc2o1)NO. The van der Waals surface area contributed by atoms with Crippen LogP contribution in [0.3, 0.4) is 0 Å². The second-order valence-electron chi connectivity index (χ2n) is 20.1. The molecule has 486 valence electrons. The first kappa shape index (κ1) is 70.1. The first-order valence-electron chi connectivity index (χ1n) is 29.5. The number of hydrogen-bond donors (Lipinski definition) is 4. The maximum absolute atomic E-state index is 13.3. The molecular weight excluding hydrogens is 1270 g/mol. The van der Waals surface area contributed by atoms with Gasteiger partial charge in [0.05, 0.1) is 31.4 Å². The highest BCUT2D eigenvalue weighted by Crippen LogP contribution is 2.30. The number of oxazole rings is 4. The number of hydroxylamine groups is 1. The van der Waals surface area contributed by atoms with E-state index < -0.39 is 5.82 Å². The van der Waals surface area contributed by atoms with Crippen LogP contribution in [0.1, 0.15) is 91.4 Å². The minimum Gasteiger partial charge on any atom is -0.466 e. The molecule has 0 aliphatic carbocycles. The summed E-state index contributed by atoms with van der Waals surface area (Å²) >= 11 is 3.07. The molecule has 26 heteroatoms. The molecule has 0 spiro atoms. The van der Waals surface area contributed by atoms with Gasteiger partial charge in [0.1, 0.15) is 67.4 Å². The minimum atomic E-state index is -0.395. The third-order valence-corrected chi connectivity index (χ3v) is 13.7. The first-order chi connectivity index (χ1) is 44.8. The third-order valence-electron chi connectivity index (χ3n) is 13.2. The first-order valence-corrected chi connectivity index (χ1v) is 30.3. The van der Waals surface area contributed by atoms with Crippen LogP contribution in [0.25, 0.3) is 44.4 Å². The Balaban J connectivity index is 0.000000176. The molecule has 0 aliphatic heterocycles. The number of nitrogens with zero attached hydrogens (tertiary/aromatic N) is 10. The monoisotopic (exact) mass is 1340 g/mol. The summed E-state index contributed by atoms with van der Waals surface area (Å²) in [6, 6.07) is 43.1. The minimum absolute atomic E-state index is 0. The maximum Gasteiger partial charge on any atom is 0.305 e. The van der Waals surface area contributed by atoms with E-state index in [0.717, 1.165) is 104 Å². The smallest absolute Gasteiger partial charge is 0.305 e. The van der Waals surface area contributed by atoms with Crippen molar-refractivity contribution in [3.05, 3.63) is 198 Å². The van der Waals surface area contributed by atoms with Crippen LogP contribution in [0.4, 0.5) is 59.1 Å². The molecule has 8 heterocycles. The highest BCUT2D eigenvalue weighted by Gasteiger charge is 2.19. The summed E-state index contributed by atoms with van der Waals surface area (Å²) in [6.07, 6.45) is 14.6. The van der Waals surface area contributed by atoms with E-state index in [2.05, 4.69) is 61.1 Å². The molecule has 0 fully saturated rings. The highest BCUT2D eigenvalue weighted by atomic mass is 79.9. The Labute approximate surface area is 541 Å². The van der Waals surface area contributed by atoms with Crippen molar-refractivity contribution in [3.63, 3.8) is 0 Å². The average molecular weight is 1340 g/mol. The van der Waals surface area contributed by atoms with Gasteiger partial charge in [-0.05, 0) is 146 Å². The third kappa shape index (κ3) is 22.8. The molecule has 12 rings (SSSR count). The normalized spacial score (nSPS) is 10.6. The number of ether oxygens (including phenoxy) is 1. The van der Waals surface area contributed by atoms with Crippen molar-refractivity contribution in [2.24, 2.45) is 0 Å². The fraction of sp³-hybridized carbons (Fsp3) is 0.254. The predicted octanol–water partition coefficient (Wildman–Crippen LogP) is 16.9. The fourth-order valence-corrected chi connectivity index (χ4v) is 9.03. The van der Waals surface area contributed by atoms with Crippen molar-refractivity contribution in [2.45, 2.75) is 91.4 Å². The number of halogens is 5. The van der Waals surface area contributed by atoms with Gasteiger partial charge in [-0.25, -0.2) is 43.0 Å². The molecule has 0 bridgehead atoms. The summed E-state index contributed by atoms with van der Waals surface area (Å²) in [4.78, 5) is 59.1. The van der Waals surface area contributed by atoms with E-state index in [1.165, 1.54) is 42.7 Å². The molecule has 12 aromatic rings. The van der Waals surface area contributed by atoms with Gasteiger partial charge in [0.2, 0.25) is 5.91 Å². The van der Waals surface area contributed by atoms with Crippen molar-refractivity contribution in [1.29, 1.82) is 0 Å². The summed E-state index contributed by atoms with van der Waals surface area (Å²) in [7, 11) is 0. The molecule has 0 saturated heterocycles. The van der Waals surface area contributed by atoms with Gasteiger partial charge in [-0.15, -0.1) is 0 Å². The predicted molar refractivity (Wildman–Crippen MR) is 351 cm³/mol. The van der Waals surface area contributed by atoms with Crippen molar-refractivity contribution in [2.75, 3.05) is 40.5 Å². The Morgan fingerprint density at radius 2 is 0.925 bits per heavy atom. The van der Waals surface area contributed by atoms with E-state index in [1.807, 2.05) is 114 Å². The molecule has 0 radical (unpaired) electrons. The van der Waals surface area contributed by atoms with Crippen LogP contribution in [0.5, 0.6) is 0 Å². The summed E-state index contributed by atoms with van der Waals surface area (Å²) in [5.41, 5.74) is 12.9. The molecule has 0 aliphatic rings. The number of nitrogens with one attached hydrogen (secondary N) is 2. The summed E-state index contributed by atoms with van der Waals surface area (Å²) in [6.45, 7) is 3.53. The lowest BCUT2D eigenvalue weighted by molar-refractivity contribution is -0.143. The molecule has 0 unspecified atom stereocenters. The van der Waals surface area contributed by atoms with Gasteiger partial charge in [0, 0.05) is 25.9 Å². The van der Waals surface area contributed by atoms with Crippen molar-refractivity contribution >= 4 is 114 Å². The van der Waals surface area contributed by atoms with Crippen LogP contribution in [-0.4, -0.2) is 76.7 Å². The number of unbranched alkanes of at least 4 members (excludes halogenated alkanes) is 8. The molecule has 5 N–H and O–H groups in total. The molecule has 1 amide bonds. The molecule has 0 atom stereocenters. The Hall–Kier alpha value is -10.3. The van der Waals surface area contributed by atoms with Crippen LogP contribution in [0, 0.1) is 23.3 Å². The number of carbonyl (C=O) groups is 2. The number of amides is 1. The summed E-state index contributed by atoms with van der Waals surface area (Å²) in [5.74, 6) is -0.297. The number of pyridine rings is 4. The van der Waals surface area contributed by atoms with E-state index in [1.54, 1.807) is 23.7 Å². The lowest BCUT2D eigenvalue weighted by Gasteiger charge is -2.19. The number of hydrogen-bond acceptors (Lipinski definition) is 20. The molecule has 4 aromatic carbocycles. The number of benzene rings is 4. The molecular formula is C67H70BrF4N13O8. The molecule has 0 saturated carbocycles. The zero-order valence-corrected chi connectivity index (χ0v) is 51.6. The molecule has 21 nitrogen and oxygen atoms in total. The number of aromatic nitrogens is 8.